The van der Waals surface area contributed by atoms with Crippen molar-refractivity contribution in [3.8, 4) is 6.07 Å². The van der Waals surface area contributed by atoms with Gasteiger partial charge in [-0.1, -0.05) is 0 Å². The van der Waals surface area contributed by atoms with Crippen LogP contribution in [-0.4, -0.2) is 36.1 Å². The molecule has 0 fully saturated rings. The van der Waals surface area contributed by atoms with E-state index >= 15 is 0 Å². The van der Waals surface area contributed by atoms with Gasteiger partial charge >= 0.3 is 0 Å². The van der Waals surface area contributed by atoms with Crippen molar-refractivity contribution in [2.75, 3.05) is 19.8 Å². The molecule has 0 aromatic carbocycles. The third kappa shape index (κ3) is 5.86. The minimum Gasteiger partial charge on any atom is -0.394 e. The molecule has 0 aromatic rings. The van der Waals surface area contributed by atoms with E-state index in [0.29, 0.717) is 5.57 Å². The minimum atomic E-state index is -0.767. The van der Waals surface area contributed by atoms with E-state index in [9.17, 15) is 0 Å². The highest BCUT2D eigenvalue weighted by molar-refractivity contribution is 5.18. The lowest BCUT2D eigenvalue weighted by atomic mass is 10.2. The first-order valence-electron chi connectivity index (χ1n) is 3.66. The largest absolute Gasteiger partial charge is 0.394 e. The molecule has 0 aromatic heterocycles. The Hall–Kier alpha value is -0.890. The summed E-state index contributed by atoms with van der Waals surface area (Å²) < 4.78 is 4.84. The first-order valence-corrected chi connectivity index (χ1v) is 3.66. The van der Waals surface area contributed by atoms with Crippen molar-refractivity contribution in [1.29, 1.82) is 5.26 Å². The van der Waals surface area contributed by atoms with Crippen molar-refractivity contribution in [1.82, 2.24) is 0 Å². The van der Waals surface area contributed by atoms with Gasteiger partial charge in [0.1, 0.15) is 0 Å². The van der Waals surface area contributed by atoms with Crippen LogP contribution in [0.5, 0.6) is 0 Å². The number of rotatable bonds is 5. The number of aliphatic hydroxyl groups excluding tert-OH is 2. The van der Waals surface area contributed by atoms with Crippen LogP contribution in [0.2, 0.25) is 0 Å². The Morgan fingerprint density at radius 1 is 1.75 bits per heavy atom. The Bertz CT molecular complexity index is 183. The van der Waals surface area contributed by atoms with Crippen LogP contribution in [0.15, 0.2) is 11.6 Å². The van der Waals surface area contributed by atoms with Gasteiger partial charge in [-0.15, -0.1) is 0 Å². The molecule has 0 saturated carbocycles. The van der Waals surface area contributed by atoms with Crippen LogP contribution in [0.1, 0.15) is 6.92 Å². The van der Waals surface area contributed by atoms with E-state index in [1.54, 1.807) is 6.92 Å². The molecule has 0 radical (unpaired) electrons. The summed E-state index contributed by atoms with van der Waals surface area (Å²) in [5.41, 5.74) is 0.454. The average molecular weight is 171 g/mol. The molecule has 12 heavy (non-hydrogen) atoms. The molecule has 0 saturated heterocycles. The maximum atomic E-state index is 9.14. The van der Waals surface area contributed by atoms with Crippen LogP contribution >= 0.6 is 0 Å². The highest BCUT2D eigenvalue weighted by atomic mass is 16.5. The number of ether oxygens (including phenoxy) is 1. The lowest BCUT2D eigenvalue weighted by molar-refractivity contribution is 0.0398. The Balaban J connectivity index is 3.60. The van der Waals surface area contributed by atoms with Crippen molar-refractivity contribution >= 4 is 0 Å². The van der Waals surface area contributed by atoms with Crippen molar-refractivity contribution in [2.45, 2.75) is 13.0 Å². The normalized spacial score (nSPS) is 14.0. The summed E-state index contributed by atoms with van der Waals surface area (Å²) in [5, 5.41) is 25.8. The predicted octanol–water partition coefficient (Wildman–Crippen LogP) is -0.174. The monoisotopic (exact) mass is 171 g/mol. The highest BCUT2D eigenvalue weighted by Gasteiger charge is 1.99. The van der Waals surface area contributed by atoms with E-state index in [1.807, 2.05) is 6.07 Å². The van der Waals surface area contributed by atoms with Crippen LogP contribution in [0, 0.1) is 11.3 Å². The number of nitrogens with zero attached hydrogens (tertiary/aromatic N) is 1. The number of nitriles is 1. The molecular formula is C8H13NO3. The van der Waals surface area contributed by atoms with Gasteiger partial charge in [-0.2, -0.15) is 5.26 Å². The number of allylic oxidation sites excluding steroid dienone is 1. The molecular weight excluding hydrogens is 158 g/mol. The summed E-state index contributed by atoms with van der Waals surface area (Å²) in [5.74, 6) is 0. The number of aliphatic hydroxyl groups is 2. The molecule has 0 bridgehead atoms. The summed E-state index contributed by atoms with van der Waals surface area (Å²) in [6.07, 6.45) is 0.647. The molecule has 1 atom stereocenters. The van der Waals surface area contributed by atoms with Gasteiger partial charge < -0.3 is 14.9 Å². The lowest BCUT2D eigenvalue weighted by Gasteiger charge is -2.05. The van der Waals surface area contributed by atoms with Crippen molar-refractivity contribution in [3.05, 3.63) is 11.6 Å². The van der Waals surface area contributed by atoms with Gasteiger partial charge in [-0.25, -0.2) is 0 Å². The molecule has 0 spiro atoms. The zero-order valence-electron chi connectivity index (χ0n) is 7.03. The molecule has 0 aliphatic heterocycles. The molecule has 2 N–H and O–H groups in total. The first kappa shape index (κ1) is 11.1. The van der Waals surface area contributed by atoms with E-state index < -0.39 is 6.10 Å². The molecule has 68 valence electrons. The SMILES string of the molecule is CC(C#N)=CC(O)COCCO. The summed E-state index contributed by atoms with van der Waals surface area (Å²) in [6, 6.07) is 1.88. The second-order valence-electron chi connectivity index (χ2n) is 2.33. The second kappa shape index (κ2) is 6.80. The van der Waals surface area contributed by atoms with E-state index in [2.05, 4.69) is 0 Å². The quantitative estimate of drug-likeness (QED) is 0.445. The van der Waals surface area contributed by atoms with Crippen molar-refractivity contribution in [2.24, 2.45) is 0 Å². The fraction of sp³-hybridized carbons (Fsp3) is 0.625. The van der Waals surface area contributed by atoms with Crippen LogP contribution < -0.4 is 0 Å². The Labute approximate surface area is 71.7 Å². The second-order valence-corrected chi connectivity index (χ2v) is 2.33. The Kier molecular flexibility index (Phi) is 6.29. The van der Waals surface area contributed by atoms with Gasteiger partial charge in [0, 0.05) is 5.57 Å². The topological polar surface area (TPSA) is 73.5 Å². The zero-order valence-corrected chi connectivity index (χ0v) is 7.03. The van der Waals surface area contributed by atoms with Crippen molar-refractivity contribution in [3.63, 3.8) is 0 Å². The van der Waals surface area contributed by atoms with Gasteiger partial charge in [0.15, 0.2) is 0 Å². The van der Waals surface area contributed by atoms with Crippen LogP contribution in [0.3, 0.4) is 0 Å². The molecule has 4 nitrogen and oxygen atoms in total. The number of hydrogen-bond donors (Lipinski definition) is 2. The number of hydrogen-bond acceptors (Lipinski definition) is 4. The fourth-order valence-corrected chi connectivity index (χ4v) is 0.643. The molecule has 0 amide bonds. The van der Waals surface area contributed by atoms with Crippen molar-refractivity contribution < 1.29 is 14.9 Å². The van der Waals surface area contributed by atoms with Crippen LogP contribution in [0.4, 0.5) is 0 Å². The first-order chi connectivity index (χ1) is 5.70. The standard InChI is InChI=1S/C8H13NO3/c1-7(5-9)4-8(11)6-12-3-2-10/h4,8,10-11H,2-3,6H2,1H3. The summed E-state index contributed by atoms with van der Waals surface area (Å²) in [6.45, 7) is 1.86. The summed E-state index contributed by atoms with van der Waals surface area (Å²) in [7, 11) is 0. The third-order valence-electron chi connectivity index (χ3n) is 1.14. The lowest BCUT2D eigenvalue weighted by Crippen LogP contribution is -2.14. The van der Waals surface area contributed by atoms with Gasteiger partial charge in [0.25, 0.3) is 0 Å². The third-order valence-corrected chi connectivity index (χ3v) is 1.14. The Morgan fingerprint density at radius 3 is 2.92 bits per heavy atom. The summed E-state index contributed by atoms with van der Waals surface area (Å²) >= 11 is 0. The molecule has 1 unspecified atom stereocenters. The van der Waals surface area contributed by atoms with Gasteiger partial charge in [-0.05, 0) is 13.0 Å². The molecule has 4 heteroatoms. The van der Waals surface area contributed by atoms with Gasteiger partial charge in [0.05, 0.1) is 32.0 Å². The average Bonchev–Trinajstić information content (AvgIpc) is 2.05. The van der Waals surface area contributed by atoms with E-state index in [0.717, 1.165) is 0 Å². The summed E-state index contributed by atoms with van der Waals surface area (Å²) in [4.78, 5) is 0. The van der Waals surface area contributed by atoms with E-state index in [4.69, 9.17) is 20.2 Å². The van der Waals surface area contributed by atoms with Gasteiger partial charge in [0.2, 0.25) is 0 Å². The predicted molar refractivity (Wildman–Crippen MR) is 43.3 cm³/mol. The van der Waals surface area contributed by atoms with E-state index in [1.165, 1.54) is 6.08 Å². The Morgan fingerprint density at radius 2 is 2.42 bits per heavy atom. The minimum absolute atomic E-state index is 0.0618. The van der Waals surface area contributed by atoms with Crippen LogP contribution in [0.25, 0.3) is 0 Å². The van der Waals surface area contributed by atoms with Gasteiger partial charge in [-0.3, -0.25) is 0 Å². The highest BCUT2D eigenvalue weighted by Crippen LogP contribution is 1.94. The molecule has 0 heterocycles. The fourth-order valence-electron chi connectivity index (χ4n) is 0.643. The maximum absolute atomic E-state index is 9.14. The smallest absolute Gasteiger partial charge is 0.0966 e. The molecule has 0 rings (SSSR count). The van der Waals surface area contributed by atoms with Crippen LogP contribution in [-0.2, 0) is 4.74 Å². The zero-order chi connectivity index (χ0) is 9.40. The van der Waals surface area contributed by atoms with E-state index in [-0.39, 0.29) is 19.8 Å². The maximum Gasteiger partial charge on any atom is 0.0966 e. The molecule has 0 aliphatic carbocycles. The molecule has 0 aliphatic rings.